The van der Waals surface area contributed by atoms with E-state index >= 15 is 0 Å². The van der Waals surface area contributed by atoms with Gasteiger partial charge in [-0.25, -0.2) is 9.97 Å². The molecule has 1 aliphatic heterocycles. The van der Waals surface area contributed by atoms with Gasteiger partial charge in [-0.3, -0.25) is 4.79 Å². The number of oxazole rings is 1. The zero-order chi connectivity index (χ0) is 17.2. The van der Waals surface area contributed by atoms with Crippen LogP contribution < -0.4 is 16.0 Å². The van der Waals surface area contributed by atoms with E-state index in [0.717, 1.165) is 17.7 Å². The van der Waals surface area contributed by atoms with E-state index in [4.69, 9.17) is 10.2 Å². The van der Waals surface area contributed by atoms with Gasteiger partial charge in [0.1, 0.15) is 6.26 Å². The summed E-state index contributed by atoms with van der Waals surface area (Å²) in [5.41, 5.74) is 8.48. The molecule has 4 rings (SSSR count). The summed E-state index contributed by atoms with van der Waals surface area (Å²) in [6, 6.07) is 9.61. The van der Waals surface area contributed by atoms with Crippen molar-refractivity contribution in [2.75, 3.05) is 22.5 Å². The highest BCUT2D eigenvalue weighted by Crippen LogP contribution is 2.23. The van der Waals surface area contributed by atoms with Crippen molar-refractivity contribution in [2.24, 2.45) is 0 Å². The highest BCUT2D eigenvalue weighted by atomic mass is 16.4. The number of aromatic nitrogens is 3. The van der Waals surface area contributed by atoms with E-state index in [1.54, 1.807) is 6.20 Å². The Morgan fingerprint density at radius 2 is 2.08 bits per heavy atom. The zero-order valence-electron chi connectivity index (χ0n) is 13.3. The van der Waals surface area contributed by atoms with Gasteiger partial charge < -0.3 is 20.4 Å². The Labute approximate surface area is 143 Å². The second-order valence-corrected chi connectivity index (χ2v) is 5.71. The van der Waals surface area contributed by atoms with Crippen LogP contribution in [0.15, 0.2) is 47.2 Å². The molecule has 1 aromatic carbocycles. The molecule has 0 saturated heterocycles. The van der Waals surface area contributed by atoms with Crippen molar-refractivity contribution < 1.29 is 9.21 Å². The Kier molecular flexibility index (Phi) is 3.77. The van der Waals surface area contributed by atoms with Crippen LogP contribution in [0.5, 0.6) is 0 Å². The highest BCUT2D eigenvalue weighted by Gasteiger charge is 2.23. The number of carbonyl (C=O) groups excluding carboxylic acids is 1. The third-order valence-corrected chi connectivity index (χ3v) is 3.98. The van der Waals surface area contributed by atoms with Crippen molar-refractivity contribution in [2.45, 2.75) is 13.0 Å². The number of fused-ring (bicyclic) bond motifs is 1. The number of para-hydroxylation sites is 1. The van der Waals surface area contributed by atoms with Crippen molar-refractivity contribution in [3.8, 4) is 0 Å². The number of anilines is 3. The average Bonchev–Trinajstić information content (AvgIpc) is 3.12. The molecule has 0 saturated carbocycles. The van der Waals surface area contributed by atoms with Gasteiger partial charge in [-0.15, -0.1) is 0 Å². The first-order chi connectivity index (χ1) is 12.2. The molecular formula is C17H16N6O2. The van der Waals surface area contributed by atoms with E-state index in [-0.39, 0.29) is 17.5 Å². The number of hydrogen-bond acceptors (Lipinski definition) is 7. The van der Waals surface area contributed by atoms with Crippen molar-refractivity contribution in [3.63, 3.8) is 0 Å². The molecular weight excluding hydrogens is 320 g/mol. The Morgan fingerprint density at radius 3 is 2.92 bits per heavy atom. The predicted molar refractivity (Wildman–Crippen MR) is 92.1 cm³/mol. The maximum atomic E-state index is 12.3. The number of benzene rings is 1. The molecule has 0 atom stereocenters. The van der Waals surface area contributed by atoms with Crippen LogP contribution in [0.2, 0.25) is 0 Å². The lowest BCUT2D eigenvalue weighted by Gasteiger charge is -2.26. The van der Waals surface area contributed by atoms with Gasteiger partial charge in [0.2, 0.25) is 5.95 Å². The molecule has 0 spiro atoms. The first-order valence-electron chi connectivity index (χ1n) is 7.86. The molecule has 2 aromatic heterocycles. The van der Waals surface area contributed by atoms with Gasteiger partial charge in [-0.1, -0.05) is 18.2 Å². The van der Waals surface area contributed by atoms with Crippen LogP contribution >= 0.6 is 0 Å². The van der Waals surface area contributed by atoms with E-state index in [0.29, 0.717) is 24.8 Å². The lowest BCUT2D eigenvalue weighted by atomic mass is 10.1. The number of nitrogens with two attached hydrogens (primary N) is 1. The fourth-order valence-corrected chi connectivity index (χ4v) is 2.73. The smallest absolute Gasteiger partial charge is 0.298 e. The summed E-state index contributed by atoms with van der Waals surface area (Å²) in [5.74, 6) is -0.0297. The summed E-state index contributed by atoms with van der Waals surface area (Å²) in [7, 11) is 0. The molecule has 126 valence electrons. The average molecular weight is 336 g/mol. The number of hydrogen-bond donors (Lipinski definition) is 2. The Hall–Kier alpha value is -3.42. The molecule has 0 radical (unpaired) electrons. The van der Waals surface area contributed by atoms with Gasteiger partial charge in [0.05, 0.1) is 12.2 Å². The minimum absolute atomic E-state index is 0.234. The number of rotatable bonds is 3. The Morgan fingerprint density at radius 1 is 1.24 bits per heavy atom. The zero-order valence-corrected chi connectivity index (χ0v) is 13.3. The highest BCUT2D eigenvalue weighted by molar-refractivity contribution is 6.02. The predicted octanol–water partition coefficient (Wildman–Crippen LogP) is 1.86. The molecule has 1 aliphatic rings. The van der Waals surface area contributed by atoms with Crippen molar-refractivity contribution in [3.05, 3.63) is 59.7 Å². The molecule has 0 bridgehead atoms. The Bertz CT molecular complexity index is 909. The van der Waals surface area contributed by atoms with E-state index < -0.39 is 0 Å². The first-order valence-corrected chi connectivity index (χ1v) is 7.86. The van der Waals surface area contributed by atoms with E-state index in [9.17, 15) is 4.79 Å². The van der Waals surface area contributed by atoms with Crippen LogP contribution in [0.1, 0.15) is 21.7 Å². The molecule has 0 unspecified atom stereocenters. The van der Waals surface area contributed by atoms with E-state index in [1.165, 1.54) is 6.26 Å². The fourth-order valence-electron chi connectivity index (χ4n) is 2.73. The van der Waals surface area contributed by atoms with Crippen LogP contribution in [0, 0.1) is 0 Å². The Balaban J connectivity index is 1.48. The third kappa shape index (κ3) is 3.14. The SMILES string of the molecule is Nc1ncc2c(n1)CCN(c1nc(C(=O)Nc3ccccc3)co1)C2. The van der Waals surface area contributed by atoms with Gasteiger partial charge in [0.15, 0.2) is 5.69 Å². The molecule has 8 nitrogen and oxygen atoms in total. The second-order valence-electron chi connectivity index (χ2n) is 5.71. The third-order valence-electron chi connectivity index (χ3n) is 3.98. The molecule has 8 heteroatoms. The monoisotopic (exact) mass is 336 g/mol. The number of carbonyl (C=O) groups is 1. The van der Waals surface area contributed by atoms with Crippen LogP contribution in [-0.2, 0) is 13.0 Å². The van der Waals surface area contributed by atoms with E-state index in [2.05, 4.69) is 20.3 Å². The number of amides is 1. The van der Waals surface area contributed by atoms with Crippen molar-refractivity contribution in [1.29, 1.82) is 0 Å². The van der Waals surface area contributed by atoms with Gasteiger partial charge in [-0.2, -0.15) is 4.98 Å². The number of nitrogens with zero attached hydrogens (tertiary/aromatic N) is 4. The standard InChI is InChI=1S/C17H16N6O2/c18-16-19-8-11-9-23(7-6-13(11)21-16)17-22-14(10-25-17)15(24)20-12-4-2-1-3-5-12/h1-5,8,10H,6-7,9H2,(H,20,24)(H2,18,19,21). The molecule has 25 heavy (non-hydrogen) atoms. The summed E-state index contributed by atoms with van der Waals surface area (Å²) in [6.45, 7) is 1.25. The lowest BCUT2D eigenvalue weighted by Crippen LogP contribution is -2.31. The fraction of sp³-hybridized carbons (Fsp3) is 0.176. The molecule has 0 fully saturated rings. The van der Waals surface area contributed by atoms with Crippen molar-refractivity contribution >= 4 is 23.6 Å². The maximum Gasteiger partial charge on any atom is 0.298 e. The van der Waals surface area contributed by atoms with Crippen LogP contribution in [0.4, 0.5) is 17.7 Å². The maximum absolute atomic E-state index is 12.3. The summed E-state index contributed by atoms with van der Waals surface area (Å²) < 4.78 is 5.49. The van der Waals surface area contributed by atoms with Crippen LogP contribution in [0.3, 0.4) is 0 Å². The summed E-state index contributed by atoms with van der Waals surface area (Å²) >= 11 is 0. The molecule has 3 N–H and O–H groups in total. The van der Waals surface area contributed by atoms with Crippen LogP contribution in [-0.4, -0.2) is 27.4 Å². The normalized spacial score (nSPS) is 13.4. The topological polar surface area (TPSA) is 110 Å². The quantitative estimate of drug-likeness (QED) is 0.751. The summed E-state index contributed by atoms with van der Waals surface area (Å²) in [6.07, 6.45) is 3.80. The van der Waals surface area contributed by atoms with Crippen molar-refractivity contribution in [1.82, 2.24) is 15.0 Å². The molecule has 0 aliphatic carbocycles. The minimum Gasteiger partial charge on any atom is -0.431 e. The van der Waals surface area contributed by atoms with Gasteiger partial charge in [0.25, 0.3) is 11.9 Å². The number of nitrogen functional groups attached to an aromatic ring is 1. The van der Waals surface area contributed by atoms with E-state index in [1.807, 2.05) is 35.2 Å². The largest absolute Gasteiger partial charge is 0.431 e. The van der Waals surface area contributed by atoms with Gasteiger partial charge >= 0.3 is 0 Å². The summed E-state index contributed by atoms with van der Waals surface area (Å²) in [4.78, 5) is 26.8. The molecule has 3 heterocycles. The first kappa shape index (κ1) is 15.1. The second kappa shape index (κ2) is 6.23. The molecule has 3 aromatic rings. The minimum atomic E-state index is -0.310. The van der Waals surface area contributed by atoms with Gasteiger partial charge in [0, 0.05) is 30.4 Å². The number of nitrogens with one attached hydrogen (secondary N) is 1. The van der Waals surface area contributed by atoms with Crippen LogP contribution in [0.25, 0.3) is 0 Å². The van der Waals surface area contributed by atoms with Gasteiger partial charge in [-0.05, 0) is 12.1 Å². The molecule has 1 amide bonds. The summed E-state index contributed by atoms with van der Waals surface area (Å²) in [5, 5.41) is 2.78. The lowest BCUT2D eigenvalue weighted by molar-refractivity contribution is 0.102.